The lowest BCUT2D eigenvalue weighted by molar-refractivity contribution is 0.0947. The summed E-state index contributed by atoms with van der Waals surface area (Å²) in [6, 6.07) is 8.33. The van der Waals surface area contributed by atoms with Crippen molar-refractivity contribution in [2.75, 3.05) is 32.5 Å². The van der Waals surface area contributed by atoms with Gasteiger partial charge in [0.1, 0.15) is 5.69 Å². The minimum Gasteiger partial charge on any atom is -0.351 e. The maximum Gasteiger partial charge on any atom is 0.269 e. The highest BCUT2D eigenvalue weighted by Crippen LogP contribution is 2.20. The van der Waals surface area contributed by atoms with E-state index >= 15 is 0 Å². The lowest BCUT2D eigenvalue weighted by Crippen LogP contribution is -2.28. The van der Waals surface area contributed by atoms with E-state index in [2.05, 4.69) is 15.6 Å². The fraction of sp³-hybridized carbons (Fsp3) is 0.316. The van der Waals surface area contributed by atoms with E-state index < -0.39 is 0 Å². The van der Waals surface area contributed by atoms with Gasteiger partial charge in [0.15, 0.2) is 0 Å². The number of hydrogen-bond donors (Lipinski definition) is 2. The topological polar surface area (TPSA) is 74.3 Å². The summed E-state index contributed by atoms with van der Waals surface area (Å²) in [5.74, 6) is -0.614. The number of rotatable bonds is 7. The molecule has 0 bridgehead atoms. The van der Waals surface area contributed by atoms with Crippen molar-refractivity contribution in [3.63, 3.8) is 0 Å². The van der Waals surface area contributed by atoms with Crippen LogP contribution in [0.3, 0.4) is 0 Å². The molecule has 0 saturated carbocycles. The fourth-order valence-corrected chi connectivity index (χ4v) is 2.48. The van der Waals surface area contributed by atoms with E-state index in [1.165, 1.54) is 12.3 Å². The maximum absolute atomic E-state index is 12.5. The number of aryl methyl sites for hydroxylation is 1. The number of nitrogens with one attached hydrogen (secondary N) is 2. The third kappa shape index (κ3) is 5.82. The van der Waals surface area contributed by atoms with Gasteiger partial charge in [0.05, 0.1) is 0 Å². The summed E-state index contributed by atoms with van der Waals surface area (Å²) < 4.78 is 0. The van der Waals surface area contributed by atoms with Crippen molar-refractivity contribution in [3.8, 4) is 0 Å². The predicted octanol–water partition coefficient (Wildman–Crippen LogP) is 2.98. The van der Waals surface area contributed by atoms with E-state index in [0.717, 1.165) is 18.5 Å². The first-order chi connectivity index (χ1) is 12.4. The summed E-state index contributed by atoms with van der Waals surface area (Å²) in [4.78, 5) is 30.8. The molecule has 0 radical (unpaired) electrons. The zero-order chi connectivity index (χ0) is 19.1. The van der Waals surface area contributed by atoms with Gasteiger partial charge in [0, 0.05) is 29.0 Å². The number of amides is 2. The largest absolute Gasteiger partial charge is 0.351 e. The van der Waals surface area contributed by atoms with Gasteiger partial charge in [0.2, 0.25) is 0 Å². The Hall–Kier alpha value is -2.44. The lowest BCUT2D eigenvalue weighted by atomic mass is 10.1. The minimum atomic E-state index is -0.320. The SMILES string of the molecule is Cc1ccc(Cl)cc1NC(=O)c1ccnc(C(=O)NCCCN(C)C)c1. The van der Waals surface area contributed by atoms with Gasteiger partial charge < -0.3 is 15.5 Å². The first kappa shape index (κ1) is 19.9. The van der Waals surface area contributed by atoms with Crippen LogP contribution in [-0.2, 0) is 0 Å². The highest BCUT2D eigenvalue weighted by atomic mass is 35.5. The molecule has 1 aromatic heterocycles. The fourth-order valence-electron chi connectivity index (χ4n) is 2.31. The average molecular weight is 375 g/mol. The van der Waals surface area contributed by atoms with Crippen LogP contribution in [0.4, 0.5) is 5.69 Å². The van der Waals surface area contributed by atoms with Crippen LogP contribution >= 0.6 is 11.6 Å². The van der Waals surface area contributed by atoms with Gasteiger partial charge >= 0.3 is 0 Å². The van der Waals surface area contributed by atoms with Crippen LogP contribution in [0.5, 0.6) is 0 Å². The molecule has 1 aromatic carbocycles. The predicted molar refractivity (Wildman–Crippen MR) is 104 cm³/mol. The number of carbonyl (C=O) groups excluding carboxylic acids is 2. The van der Waals surface area contributed by atoms with E-state index in [9.17, 15) is 9.59 Å². The number of anilines is 1. The molecule has 2 aromatic rings. The highest BCUT2D eigenvalue weighted by molar-refractivity contribution is 6.31. The first-order valence-electron chi connectivity index (χ1n) is 8.33. The molecule has 0 fully saturated rings. The molecule has 7 heteroatoms. The Bertz CT molecular complexity index is 793. The van der Waals surface area contributed by atoms with E-state index in [1.54, 1.807) is 18.2 Å². The molecule has 6 nitrogen and oxygen atoms in total. The zero-order valence-corrected chi connectivity index (χ0v) is 15.9. The normalized spacial score (nSPS) is 10.7. The summed E-state index contributed by atoms with van der Waals surface area (Å²) in [6.45, 7) is 3.32. The Morgan fingerprint density at radius 2 is 1.92 bits per heavy atom. The summed E-state index contributed by atoms with van der Waals surface area (Å²) in [5, 5.41) is 6.16. The molecule has 1 heterocycles. The highest BCUT2D eigenvalue weighted by Gasteiger charge is 2.13. The average Bonchev–Trinajstić information content (AvgIpc) is 2.61. The molecule has 2 rings (SSSR count). The van der Waals surface area contributed by atoms with E-state index in [4.69, 9.17) is 11.6 Å². The summed E-state index contributed by atoms with van der Waals surface area (Å²) in [7, 11) is 3.96. The molecular formula is C19H23ClN4O2. The van der Waals surface area contributed by atoms with Crippen LogP contribution in [0.15, 0.2) is 36.5 Å². The van der Waals surface area contributed by atoms with Crippen LogP contribution in [0.25, 0.3) is 0 Å². The van der Waals surface area contributed by atoms with Crippen molar-refractivity contribution in [1.82, 2.24) is 15.2 Å². The minimum absolute atomic E-state index is 0.213. The lowest BCUT2D eigenvalue weighted by Gasteiger charge is -2.11. The number of hydrogen-bond acceptors (Lipinski definition) is 4. The van der Waals surface area contributed by atoms with Crippen molar-refractivity contribution < 1.29 is 9.59 Å². The number of halogens is 1. The van der Waals surface area contributed by atoms with Gasteiger partial charge in [-0.05, 0) is 63.8 Å². The molecular weight excluding hydrogens is 352 g/mol. The molecule has 26 heavy (non-hydrogen) atoms. The summed E-state index contributed by atoms with van der Waals surface area (Å²) >= 11 is 5.98. The molecule has 0 spiro atoms. The third-order valence-electron chi connectivity index (χ3n) is 3.77. The van der Waals surface area contributed by atoms with Crippen molar-refractivity contribution in [3.05, 3.63) is 58.4 Å². The Morgan fingerprint density at radius 1 is 1.15 bits per heavy atom. The van der Waals surface area contributed by atoms with Gasteiger partial charge in [-0.1, -0.05) is 17.7 Å². The second kappa shape index (κ2) is 9.31. The van der Waals surface area contributed by atoms with Crippen LogP contribution < -0.4 is 10.6 Å². The molecule has 2 amide bonds. The van der Waals surface area contributed by atoms with E-state index in [0.29, 0.717) is 22.8 Å². The molecule has 2 N–H and O–H groups in total. The maximum atomic E-state index is 12.5. The van der Waals surface area contributed by atoms with Crippen molar-refractivity contribution >= 4 is 29.1 Å². The molecule has 0 atom stereocenters. The number of benzene rings is 1. The molecule has 138 valence electrons. The van der Waals surface area contributed by atoms with Crippen molar-refractivity contribution in [1.29, 1.82) is 0 Å². The van der Waals surface area contributed by atoms with Gasteiger partial charge in [-0.15, -0.1) is 0 Å². The van der Waals surface area contributed by atoms with Crippen LogP contribution in [-0.4, -0.2) is 48.9 Å². The number of nitrogens with zero attached hydrogens (tertiary/aromatic N) is 2. The summed E-state index contributed by atoms with van der Waals surface area (Å²) in [5.41, 5.74) is 2.10. The van der Waals surface area contributed by atoms with Gasteiger partial charge in [-0.25, -0.2) is 0 Å². The van der Waals surface area contributed by atoms with Crippen LogP contribution in [0, 0.1) is 6.92 Å². The second-order valence-corrected chi connectivity index (χ2v) is 6.69. The standard InChI is InChI=1S/C19H23ClN4O2/c1-13-5-6-15(20)12-16(13)23-18(25)14-7-9-21-17(11-14)19(26)22-8-4-10-24(2)3/h5-7,9,11-12H,4,8,10H2,1-3H3,(H,22,26)(H,23,25). The van der Waals surface area contributed by atoms with Crippen molar-refractivity contribution in [2.24, 2.45) is 0 Å². The summed E-state index contributed by atoms with van der Waals surface area (Å²) in [6.07, 6.45) is 2.29. The number of carbonyl (C=O) groups is 2. The Morgan fingerprint density at radius 3 is 2.65 bits per heavy atom. The second-order valence-electron chi connectivity index (χ2n) is 6.26. The molecule has 0 aliphatic rings. The zero-order valence-electron chi connectivity index (χ0n) is 15.2. The van der Waals surface area contributed by atoms with E-state index in [-0.39, 0.29) is 17.5 Å². The van der Waals surface area contributed by atoms with Crippen LogP contribution in [0.2, 0.25) is 5.02 Å². The van der Waals surface area contributed by atoms with E-state index in [1.807, 2.05) is 32.0 Å². The van der Waals surface area contributed by atoms with Gasteiger partial charge in [-0.3, -0.25) is 14.6 Å². The van der Waals surface area contributed by atoms with Crippen molar-refractivity contribution in [2.45, 2.75) is 13.3 Å². The van der Waals surface area contributed by atoms with Gasteiger partial charge in [0.25, 0.3) is 11.8 Å². The molecule has 0 aliphatic carbocycles. The quantitative estimate of drug-likeness (QED) is 0.731. The Labute approximate surface area is 158 Å². The first-order valence-corrected chi connectivity index (χ1v) is 8.71. The Balaban J connectivity index is 2.02. The van der Waals surface area contributed by atoms with Gasteiger partial charge in [-0.2, -0.15) is 0 Å². The molecule has 0 aliphatic heterocycles. The number of aromatic nitrogens is 1. The third-order valence-corrected chi connectivity index (χ3v) is 4.01. The molecule has 0 saturated heterocycles. The monoisotopic (exact) mass is 374 g/mol. The Kier molecular flexibility index (Phi) is 7.12. The van der Waals surface area contributed by atoms with Crippen LogP contribution in [0.1, 0.15) is 32.8 Å². The smallest absolute Gasteiger partial charge is 0.269 e. The molecule has 0 unspecified atom stereocenters. The number of pyridine rings is 1.